The summed E-state index contributed by atoms with van der Waals surface area (Å²) in [5.41, 5.74) is 1.71. The first kappa shape index (κ1) is 11.7. The maximum atomic E-state index is 5.92. The third-order valence-electron chi connectivity index (χ3n) is 2.36. The van der Waals surface area contributed by atoms with E-state index in [1.54, 1.807) is 7.11 Å². The van der Waals surface area contributed by atoms with Crippen LogP contribution in [0.3, 0.4) is 0 Å². The van der Waals surface area contributed by atoms with Gasteiger partial charge in [0.05, 0.1) is 7.11 Å². The Morgan fingerprint density at radius 3 is 2.88 bits per heavy atom. The number of aromatic nitrogens is 2. The predicted octanol–water partition coefficient (Wildman–Crippen LogP) is 3.19. The number of halogens is 1. The number of benzene rings is 1. The number of anilines is 2. The van der Waals surface area contributed by atoms with Crippen LogP contribution in [0.2, 0.25) is 5.15 Å². The van der Waals surface area contributed by atoms with Crippen molar-refractivity contribution >= 4 is 23.1 Å². The molecule has 1 aromatic carbocycles. The van der Waals surface area contributed by atoms with Crippen LogP contribution in [0.4, 0.5) is 11.5 Å². The fourth-order valence-corrected chi connectivity index (χ4v) is 1.53. The third kappa shape index (κ3) is 2.65. The molecule has 0 amide bonds. The van der Waals surface area contributed by atoms with Crippen molar-refractivity contribution < 1.29 is 4.74 Å². The van der Waals surface area contributed by atoms with Gasteiger partial charge in [-0.15, -0.1) is 0 Å². The Labute approximate surface area is 105 Å². The van der Waals surface area contributed by atoms with Gasteiger partial charge >= 0.3 is 0 Å². The van der Waals surface area contributed by atoms with E-state index in [1.807, 2.05) is 31.2 Å². The van der Waals surface area contributed by atoms with Crippen LogP contribution in [0.15, 0.2) is 30.6 Å². The molecule has 4 nitrogen and oxygen atoms in total. The second-order valence-corrected chi connectivity index (χ2v) is 3.85. The van der Waals surface area contributed by atoms with Crippen LogP contribution in [0.5, 0.6) is 5.75 Å². The second-order valence-electron chi connectivity index (χ2n) is 3.50. The minimum atomic E-state index is 0.449. The highest BCUT2D eigenvalue weighted by Crippen LogP contribution is 2.24. The molecule has 0 aliphatic carbocycles. The van der Waals surface area contributed by atoms with Crippen LogP contribution >= 0.6 is 11.6 Å². The van der Waals surface area contributed by atoms with E-state index >= 15 is 0 Å². The van der Waals surface area contributed by atoms with Crippen molar-refractivity contribution in [2.24, 2.45) is 0 Å². The Morgan fingerprint density at radius 2 is 2.12 bits per heavy atom. The van der Waals surface area contributed by atoms with Gasteiger partial charge in [-0.1, -0.05) is 17.7 Å². The monoisotopic (exact) mass is 249 g/mol. The zero-order chi connectivity index (χ0) is 12.3. The zero-order valence-electron chi connectivity index (χ0n) is 9.57. The quantitative estimate of drug-likeness (QED) is 0.849. The van der Waals surface area contributed by atoms with Crippen molar-refractivity contribution in [2.45, 2.75) is 6.92 Å². The number of nitrogens with zero attached hydrogens (tertiary/aromatic N) is 2. The molecule has 1 aromatic heterocycles. The molecule has 0 atom stereocenters. The predicted molar refractivity (Wildman–Crippen MR) is 68.1 cm³/mol. The number of hydrogen-bond acceptors (Lipinski definition) is 4. The largest absolute Gasteiger partial charge is 0.497 e. The van der Waals surface area contributed by atoms with Crippen LogP contribution in [-0.4, -0.2) is 17.1 Å². The van der Waals surface area contributed by atoms with Gasteiger partial charge in [-0.3, -0.25) is 0 Å². The Balaban J connectivity index is 2.28. The van der Waals surface area contributed by atoms with Crippen molar-refractivity contribution in [1.29, 1.82) is 0 Å². The zero-order valence-corrected chi connectivity index (χ0v) is 10.3. The summed E-state index contributed by atoms with van der Waals surface area (Å²) < 4.78 is 5.15. The number of hydrogen-bond donors (Lipinski definition) is 1. The minimum absolute atomic E-state index is 0.449. The van der Waals surface area contributed by atoms with Crippen molar-refractivity contribution in [3.63, 3.8) is 0 Å². The molecule has 1 N–H and O–H groups in total. The number of rotatable bonds is 3. The van der Waals surface area contributed by atoms with E-state index in [2.05, 4.69) is 15.3 Å². The summed E-state index contributed by atoms with van der Waals surface area (Å²) in [7, 11) is 1.63. The smallest absolute Gasteiger partial charge is 0.138 e. The van der Waals surface area contributed by atoms with E-state index in [0.29, 0.717) is 11.0 Å². The first-order valence-corrected chi connectivity index (χ1v) is 5.46. The average molecular weight is 250 g/mol. The minimum Gasteiger partial charge on any atom is -0.497 e. The van der Waals surface area contributed by atoms with Crippen molar-refractivity contribution in [2.75, 3.05) is 12.4 Å². The highest BCUT2D eigenvalue weighted by atomic mass is 35.5. The molecule has 0 fully saturated rings. The molecule has 0 saturated heterocycles. The topological polar surface area (TPSA) is 47.0 Å². The van der Waals surface area contributed by atoms with Crippen LogP contribution < -0.4 is 10.1 Å². The lowest BCUT2D eigenvalue weighted by molar-refractivity contribution is 0.415. The summed E-state index contributed by atoms with van der Waals surface area (Å²) in [6, 6.07) is 7.59. The van der Waals surface area contributed by atoms with E-state index < -0.39 is 0 Å². The highest BCUT2D eigenvalue weighted by molar-refractivity contribution is 6.30. The molecule has 0 spiro atoms. The molecule has 0 unspecified atom stereocenters. The van der Waals surface area contributed by atoms with E-state index in [1.165, 1.54) is 6.33 Å². The van der Waals surface area contributed by atoms with E-state index in [0.717, 1.165) is 17.0 Å². The van der Waals surface area contributed by atoms with Crippen LogP contribution in [0.1, 0.15) is 5.56 Å². The van der Waals surface area contributed by atoms with Gasteiger partial charge in [0.1, 0.15) is 23.0 Å². The van der Waals surface area contributed by atoms with Crippen LogP contribution in [0, 0.1) is 6.92 Å². The summed E-state index contributed by atoms with van der Waals surface area (Å²) in [5.74, 6) is 1.48. The van der Waals surface area contributed by atoms with E-state index in [4.69, 9.17) is 16.3 Å². The molecular formula is C12H12ClN3O. The fraction of sp³-hybridized carbons (Fsp3) is 0.167. The second kappa shape index (κ2) is 5.01. The van der Waals surface area contributed by atoms with Gasteiger partial charge in [-0.05, 0) is 19.1 Å². The summed E-state index contributed by atoms with van der Waals surface area (Å²) in [4.78, 5) is 8.05. The Hall–Kier alpha value is -1.81. The molecule has 1 heterocycles. The molecule has 17 heavy (non-hydrogen) atoms. The molecule has 0 aliphatic rings. The lowest BCUT2D eigenvalue weighted by atomic mass is 10.3. The van der Waals surface area contributed by atoms with Gasteiger partial charge < -0.3 is 10.1 Å². The first-order chi connectivity index (χ1) is 8.20. The molecule has 88 valence electrons. The Morgan fingerprint density at radius 1 is 1.29 bits per heavy atom. The molecule has 0 radical (unpaired) electrons. The van der Waals surface area contributed by atoms with Gasteiger partial charge in [0, 0.05) is 17.3 Å². The lowest BCUT2D eigenvalue weighted by Gasteiger charge is -2.09. The summed E-state index contributed by atoms with van der Waals surface area (Å²) in [6.07, 6.45) is 1.43. The SMILES string of the molecule is COc1cccc(Nc2ncnc(Cl)c2C)c1. The average Bonchev–Trinajstić information content (AvgIpc) is 2.35. The van der Waals surface area contributed by atoms with Gasteiger partial charge in [0.25, 0.3) is 0 Å². The molecule has 2 aromatic rings. The summed E-state index contributed by atoms with van der Waals surface area (Å²) in [5, 5.41) is 3.62. The van der Waals surface area contributed by atoms with Gasteiger partial charge in [-0.25, -0.2) is 9.97 Å². The molecule has 0 saturated carbocycles. The van der Waals surface area contributed by atoms with Gasteiger partial charge in [0.2, 0.25) is 0 Å². The maximum absolute atomic E-state index is 5.92. The highest BCUT2D eigenvalue weighted by Gasteiger charge is 2.05. The van der Waals surface area contributed by atoms with Crippen molar-refractivity contribution in [3.05, 3.63) is 41.3 Å². The van der Waals surface area contributed by atoms with E-state index in [-0.39, 0.29) is 0 Å². The summed E-state index contributed by atoms with van der Waals surface area (Å²) >= 11 is 5.92. The maximum Gasteiger partial charge on any atom is 0.138 e. The standard InChI is InChI=1S/C12H12ClN3O/c1-8-11(13)14-7-15-12(8)16-9-4-3-5-10(6-9)17-2/h3-7H,1-2H3,(H,14,15,16). The van der Waals surface area contributed by atoms with Gasteiger partial charge in [0.15, 0.2) is 0 Å². The third-order valence-corrected chi connectivity index (χ3v) is 2.74. The number of methoxy groups -OCH3 is 1. The number of ether oxygens (including phenoxy) is 1. The first-order valence-electron chi connectivity index (χ1n) is 5.09. The van der Waals surface area contributed by atoms with E-state index in [9.17, 15) is 0 Å². The fourth-order valence-electron chi connectivity index (χ4n) is 1.39. The lowest BCUT2D eigenvalue weighted by Crippen LogP contribution is -1.98. The Kier molecular flexibility index (Phi) is 3.44. The molecular weight excluding hydrogens is 238 g/mol. The Bertz CT molecular complexity index is 531. The normalized spacial score (nSPS) is 10.1. The summed E-state index contributed by atoms with van der Waals surface area (Å²) in [6.45, 7) is 1.87. The molecule has 2 rings (SSSR count). The van der Waals surface area contributed by atoms with Crippen molar-refractivity contribution in [1.82, 2.24) is 9.97 Å². The van der Waals surface area contributed by atoms with Gasteiger partial charge in [-0.2, -0.15) is 0 Å². The molecule has 5 heteroatoms. The van der Waals surface area contributed by atoms with Crippen LogP contribution in [0.25, 0.3) is 0 Å². The van der Waals surface area contributed by atoms with Crippen LogP contribution in [-0.2, 0) is 0 Å². The van der Waals surface area contributed by atoms with Crippen molar-refractivity contribution in [3.8, 4) is 5.75 Å². The molecule has 0 aliphatic heterocycles. The molecule has 0 bridgehead atoms. The number of nitrogens with one attached hydrogen (secondary N) is 1.